The zero-order chi connectivity index (χ0) is 40.3. The Bertz CT molecular complexity index is 2300. The van der Waals surface area contributed by atoms with Gasteiger partial charge in [0.15, 0.2) is 5.78 Å². The molecule has 5 nitrogen and oxygen atoms in total. The third-order valence-electron chi connectivity index (χ3n) is 10.6. The first-order chi connectivity index (χ1) is 25.9. The Hall–Kier alpha value is -4.20. The Morgan fingerprint density at radius 3 is 2.12 bits per heavy atom. The van der Waals surface area contributed by atoms with Gasteiger partial charge in [-0.05, 0) is 67.5 Å². The molecule has 0 amide bonds. The molecule has 6 rings (SSSR count). The van der Waals surface area contributed by atoms with Gasteiger partial charge in [-0.25, -0.2) is 0 Å². The quantitative estimate of drug-likeness (QED) is 0.0795. The van der Waals surface area contributed by atoms with Crippen LogP contribution in [0, 0.1) is 23.3 Å². The number of pyridine rings is 1. The molecular formula is C47H53F3IrNO4-. The third-order valence-corrected chi connectivity index (χ3v) is 10.6. The van der Waals surface area contributed by atoms with Gasteiger partial charge in [-0.15, -0.1) is 29.1 Å². The number of hydrogen-bond acceptors (Lipinski definition) is 5. The van der Waals surface area contributed by atoms with Gasteiger partial charge in [-0.2, -0.15) is 13.2 Å². The Morgan fingerprint density at radius 1 is 0.839 bits per heavy atom. The molecule has 0 bridgehead atoms. The number of aromatic nitrogens is 1. The van der Waals surface area contributed by atoms with Crippen molar-refractivity contribution in [3.63, 3.8) is 0 Å². The Balaban J connectivity index is 0.000000372. The summed E-state index contributed by atoms with van der Waals surface area (Å²) in [4.78, 5) is 16.4. The first-order valence-corrected chi connectivity index (χ1v) is 19.3. The summed E-state index contributed by atoms with van der Waals surface area (Å²) >= 11 is 0. The molecule has 0 aliphatic carbocycles. The van der Waals surface area contributed by atoms with Gasteiger partial charge >= 0.3 is 6.18 Å². The van der Waals surface area contributed by atoms with Gasteiger partial charge in [0.25, 0.3) is 0 Å². The van der Waals surface area contributed by atoms with E-state index in [0.29, 0.717) is 28.4 Å². The standard InChI is InChI=1S/C34H29F3NO2.C13H24O2.Ir/c1-32(2,3)27-17-24(14-20-8-6-7-9-26(20)27)30-31-22(12-13-38-30)18-29(40-31)21-10-11-28-23(15-21)16-25(39-28)19-33(4,5)34(35,36)37;1-5-10(6-2)12(14)9-13(15)11(7-3)8-4;/h6-13,15-18H,19H2,1-5H3;9-11,14H,5-8H2,1-4H3;/q-1;;/b;12-9-;. The summed E-state index contributed by atoms with van der Waals surface area (Å²) < 4.78 is 52.4. The number of halogens is 3. The van der Waals surface area contributed by atoms with Crippen LogP contribution in [0.2, 0.25) is 0 Å². The predicted molar refractivity (Wildman–Crippen MR) is 217 cm³/mol. The van der Waals surface area contributed by atoms with Crippen molar-refractivity contribution in [2.75, 3.05) is 0 Å². The molecule has 0 aliphatic rings. The van der Waals surface area contributed by atoms with Gasteiger partial charge in [0.2, 0.25) is 0 Å². The van der Waals surface area contributed by atoms with Crippen LogP contribution in [0.4, 0.5) is 13.2 Å². The van der Waals surface area contributed by atoms with E-state index in [1.807, 2.05) is 64.1 Å². The van der Waals surface area contributed by atoms with E-state index in [4.69, 9.17) is 8.83 Å². The van der Waals surface area contributed by atoms with E-state index in [1.165, 1.54) is 25.5 Å². The number of carbonyl (C=O) groups is 1. The number of allylic oxidation sites excluding steroid dienone is 2. The Kier molecular flexibility index (Phi) is 14.3. The van der Waals surface area contributed by atoms with Crippen LogP contribution in [0.5, 0.6) is 0 Å². The largest absolute Gasteiger partial charge is 0.512 e. The van der Waals surface area contributed by atoms with Crippen molar-refractivity contribution >= 4 is 38.5 Å². The predicted octanol–water partition coefficient (Wildman–Crippen LogP) is 14.2. The van der Waals surface area contributed by atoms with Crippen LogP contribution in [0.3, 0.4) is 0 Å². The summed E-state index contributed by atoms with van der Waals surface area (Å²) in [5, 5.41) is 13.6. The maximum Gasteiger partial charge on any atom is 0.394 e. The second-order valence-electron chi connectivity index (χ2n) is 16.1. The number of alkyl halides is 3. The van der Waals surface area contributed by atoms with Crippen molar-refractivity contribution in [1.29, 1.82) is 0 Å². The van der Waals surface area contributed by atoms with E-state index in [2.05, 4.69) is 50.0 Å². The maximum absolute atomic E-state index is 13.4. The van der Waals surface area contributed by atoms with Crippen molar-refractivity contribution < 1.29 is 52.0 Å². The van der Waals surface area contributed by atoms with Gasteiger partial charge < -0.3 is 13.9 Å². The molecule has 0 saturated carbocycles. The molecule has 3 heterocycles. The molecule has 0 spiro atoms. The smallest absolute Gasteiger partial charge is 0.394 e. The van der Waals surface area contributed by atoms with Crippen LogP contribution in [0.25, 0.3) is 55.3 Å². The van der Waals surface area contributed by atoms with E-state index in [1.54, 1.807) is 18.3 Å². The molecule has 0 aliphatic heterocycles. The van der Waals surface area contributed by atoms with Crippen LogP contribution in [-0.4, -0.2) is 22.1 Å². The first kappa shape index (κ1) is 44.5. The van der Waals surface area contributed by atoms with Gasteiger partial charge in [0, 0.05) is 72.7 Å². The second kappa shape index (κ2) is 17.9. The van der Waals surface area contributed by atoms with Crippen LogP contribution < -0.4 is 0 Å². The number of hydrogen-bond donors (Lipinski definition) is 1. The average molecular weight is 945 g/mol. The third kappa shape index (κ3) is 9.84. The normalized spacial score (nSPS) is 12.7. The molecule has 0 saturated heterocycles. The minimum Gasteiger partial charge on any atom is -0.512 e. The van der Waals surface area contributed by atoms with Crippen LogP contribution >= 0.6 is 0 Å². The van der Waals surface area contributed by atoms with E-state index < -0.39 is 11.6 Å². The summed E-state index contributed by atoms with van der Waals surface area (Å²) in [6.07, 6.45) is 2.11. The number of fused-ring (bicyclic) bond motifs is 3. The monoisotopic (exact) mass is 945 g/mol. The summed E-state index contributed by atoms with van der Waals surface area (Å²) in [6, 6.07) is 25.0. The van der Waals surface area contributed by atoms with Crippen LogP contribution in [0.15, 0.2) is 93.6 Å². The van der Waals surface area contributed by atoms with Crippen molar-refractivity contribution in [2.45, 2.75) is 106 Å². The number of rotatable bonds is 11. The minimum absolute atomic E-state index is 0. The van der Waals surface area contributed by atoms with Crippen molar-refractivity contribution in [1.82, 2.24) is 4.98 Å². The number of carbonyl (C=O) groups excluding carboxylic acids is 1. The van der Waals surface area contributed by atoms with E-state index in [0.717, 1.165) is 58.4 Å². The number of aliphatic hydroxyl groups is 1. The van der Waals surface area contributed by atoms with Gasteiger partial charge in [-0.1, -0.05) is 91.5 Å². The fourth-order valence-corrected chi connectivity index (χ4v) is 6.93. The fourth-order valence-electron chi connectivity index (χ4n) is 6.93. The molecule has 56 heavy (non-hydrogen) atoms. The number of aliphatic hydroxyl groups excluding tert-OH is 1. The van der Waals surface area contributed by atoms with E-state index in [9.17, 15) is 23.1 Å². The van der Waals surface area contributed by atoms with Crippen molar-refractivity contribution in [2.24, 2.45) is 17.3 Å². The molecule has 301 valence electrons. The number of ketones is 1. The zero-order valence-electron chi connectivity index (χ0n) is 33.8. The maximum atomic E-state index is 13.4. The van der Waals surface area contributed by atoms with Gasteiger partial charge in [0.1, 0.15) is 22.7 Å². The number of benzene rings is 3. The molecular weight excluding hydrogens is 892 g/mol. The molecule has 3 aromatic carbocycles. The summed E-state index contributed by atoms with van der Waals surface area (Å²) in [7, 11) is 0. The van der Waals surface area contributed by atoms with Gasteiger partial charge in [-0.3, -0.25) is 9.78 Å². The minimum atomic E-state index is -4.33. The molecule has 6 aromatic rings. The molecule has 0 fully saturated rings. The first-order valence-electron chi connectivity index (χ1n) is 19.3. The van der Waals surface area contributed by atoms with Crippen LogP contribution in [0.1, 0.15) is 99.3 Å². The summed E-state index contributed by atoms with van der Waals surface area (Å²) in [5.41, 5.74) is 2.79. The van der Waals surface area contributed by atoms with E-state index in [-0.39, 0.29) is 55.3 Å². The average Bonchev–Trinajstić information content (AvgIpc) is 3.75. The number of nitrogens with zero attached hydrogens (tertiary/aromatic N) is 1. The molecule has 1 N–H and O–H groups in total. The fraction of sp³-hybridized carbons (Fsp3) is 0.404. The Morgan fingerprint density at radius 2 is 1.50 bits per heavy atom. The number of furan rings is 2. The van der Waals surface area contributed by atoms with Crippen molar-refractivity contribution in [3.05, 3.63) is 102 Å². The summed E-state index contributed by atoms with van der Waals surface area (Å²) in [6.45, 7) is 17.0. The van der Waals surface area contributed by atoms with Crippen molar-refractivity contribution in [3.8, 4) is 22.6 Å². The topological polar surface area (TPSA) is 76.5 Å². The van der Waals surface area contributed by atoms with Gasteiger partial charge in [0.05, 0.1) is 11.2 Å². The molecule has 1 radical (unpaired) electrons. The molecule has 9 heteroatoms. The van der Waals surface area contributed by atoms with Crippen LogP contribution in [-0.2, 0) is 36.7 Å². The SMILES string of the molecule is CC(C)(C)c1cc(-c2nccc3cc(-c4ccc5oc(CC(C)(C)C(F)(F)F)cc5c4)oc23)[c-]c2ccccc12.CCC(CC)C(=O)/C=C(\O)C(CC)CC.[Ir]. The van der Waals surface area contributed by atoms with E-state index >= 15 is 0 Å². The molecule has 0 unspecified atom stereocenters. The summed E-state index contributed by atoms with van der Waals surface area (Å²) in [5.74, 6) is 1.49. The molecule has 3 aromatic heterocycles. The zero-order valence-corrected chi connectivity index (χ0v) is 36.2. The second-order valence-corrected chi connectivity index (χ2v) is 16.1. The Labute approximate surface area is 342 Å². The molecule has 0 atom stereocenters.